The van der Waals surface area contributed by atoms with Crippen LogP contribution in [0.2, 0.25) is 10.0 Å². The fourth-order valence-electron chi connectivity index (χ4n) is 6.62. The van der Waals surface area contributed by atoms with Crippen molar-refractivity contribution in [3.8, 4) is 45.4 Å². The normalized spacial score (nSPS) is 17.9. The maximum Gasteiger partial charge on any atom is 0.237 e. The number of rotatable bonds is 13. The lowest BCUT2D eigenvalue weighted by atomic mass is 9.98. The summed E-state index contributed by atoms with van der Waals surface area (Å²) in [6.07, 6.45) is 9.63. The molecule has 0 unspecified atom stereocenters. The molecule has 10 nitrogen and oxygen atoms in total. The lowest BCUT2D eigenvalue weighted by Crippen LogP contribution is -2.32. The Labute approximate surface area is 291 Å². The highest BCUT2D eigenvalue weighted by Gasteiger charge is 2.27. The molecule has 252 valence electrons. The van der Waals surface area contributed by atoms with Gasteiger partial charge in [0.1, 0.15) is 11.4 Å². The molecule has 0 radical (unpaired) electrons. The molecular formula is C36H40Cl2N6O4. The van der Waals surface area contributed by atoms with Crippen LogP contribution in [0.25, 0.3) is 33.6 Å². The molecule has 1 N–H and O–H groups in total. The Morgan fingerprint density at radius 1 is 0.854 bits per heavy atom. The Morgan fingerprint density at radius 3 is 2.04 bits per heavy atom. The molecule has 12 heteroatoms. The molecule has 2 aromatic heterocycles. The summed E-state index contributed by atoms with van der Waals surface area (Å²) in [4.78, 5) is 32.9. The zero-order valence-corrected chi connectivity index (χ0v) is 29.0. The Hall–Kier alpha value is -3.83. The number of ether oxygens (including phenoxy) is 3. The lowest BCUT2D eigenvalue weighted by molar-refractivity contribution is -0.119. The monoisotopic (exact) mass is 690 g/mol. The van der Waals surface area contributed by atoms with Gasteiger partial charge in [-0.1, -0.05) is 59.6 Å². The van der Waals surface area contributed by atoms with Gasteiger partial charge in [0, 0.05) is 54.4 Å². The second kappa shape index (κ2) is 15.6. The Kier molecular flexibility index (Phi) is 11.1. The fraction of sp³-hybridized carbons (Fsp3) is 0.417. The molecule has 0 spiro atoms. The third-order valence-electron chi connectivity index (χ3n) is 9.11. The number of carbonyl (C=O) groups is 1. The number of aromatic nitrogens is 4. The van der Waals surface area contributed by atoms with Gasteiger partial charge in [0.2, 0.25) is 17.7 Å². The predicted molar refractivity (Wildman–Crippen MR) is 186 cm³/mol. The van der Waals surface area contributed by atoms with Crippen molar-refractivity contribution in [3.63, 3.8) is 0 Å². The van der Waals surface area contributed by atoms with Crippen molar-refractivity contribution in [2.24, 2.45) is 0 Å². The minimum Gasteiger partial charge on any atom is -0.480 e. The second-order valence-corrected chi connectivity index (χ2v) is 12.9. The zero-order valence-electron chi connectivity index (χ0n) is 27.5. The van der Waals surface area contributed by atoms with Crippen molar-refractivity contribution in [2.75, 3.05) is 34.5 Å². The Bertz CT molecular complexity index is 1770. The molecule has 0 saturated carbocycles. The van der Waals surface area contributed by atoms with Crippen LogP contribution in [-0.4, -0.2) is 77.3 Å². The number of carbonyl (C=O) groups excluding carboxylic acids is 1. The van der Waals surface area contributed by atoms with E-state index in [1.165, 1.54) is 0 Å². The summed E-state index contributed by atoms with van der Waals surface area (Å²) in [5, 5.41) is 4.01. The quantitative estimate of drug-likeness (QED) is 0.162. The number of likely N-dealkylation sites (tertiary alicyclic amines) is 1. The van der Waals surface area contributed by atoms with Gasteiger partial charge in [0.15, 0.2) is 0 Å². The van der Waals surface area contributed by atoms with E-state index in [2.05, 4.69) is 10.2 Å². The summed E-state index contributed by atoms with van der Waals surface area (Å²) >= 11 is 14.2. The summed E-state index contributed by atoms with van der Waals surface area (Å²) < 4.78 is 16.7. The van der Waals surface area contributed by atoms with Gasteiger partial charge >= 0.3 is 0 Å². The van der Waals surface area contributed by atoms with Crippen molar-refractivity contribution in [1.29, 1.82) is 0 Å². The largest absolute Gasteiger partial charge is 0.480 e. The highest BCUT2D eigenvalue weighted by atomic mass is 35.5. The van der Waals surface area contributed by atoms with Crippen LogP contribution in [0.4, 0.5) is 0 Å². The van der Waals surface area contributed by atoms with Crippen LogP contribution in [-0.2, 0) is 22.5 Å². The summed E-state index contributed by atoms with van der Waals surface area (Å²) in [5.74, 6) is 1.05. The number of amides is 1. The van der Waals surface area contributed by atoms with E-state index < -0.39 is 0 Å². The van der Waals surface area contributed by atoms with E-state index in [0.29, 0.717) is 70.8 Å². The third kappa shape index (κ3) is 7.42. The molecule has 2 aliphatic rings. The molecule has 4 aromatic rings. The first-order valence-electron chi connectivity index (χ1n) is 16.3. The molecule has 0 aliphatic carbocycles. The molecule has 2 aromatic carbocycles. The molecular weight excluding hydrogens is 651 g/mol. The lowest BCUT2D eigenvalue weighted by Gasteiger charge is -2.24. The number of nitrogens with zero attached hydrogens (tertiary/aromatic N) is 5. The van der Waals surface area contributed by atoms with Gasteiger partial charge in [-0.3, -0.25) is 19.7 Å². The fourth-order valence-corrected chi connectivity index (χ4v) is 7.27. The molecule has 6 rings (SSSR count). The zero-order chi connectivity index (χ0) is 33.6. The molecule has 48 heavy (non-hydrogen) atoms. The van der Waals surface area contributed by atoms with E-state index in [4.69, 9.17) is 57.3 Å². The minimum absolute atomic E-state index is 0.127. The smallest absolute Gasteiger partial charge is 0.237 e. The van der Waals surface area contributed by atoms with Crippen LogP contribution >= 0.6 is 23.2 Å². The van der Waals surface area contributed by atoms with Gasteiger partial charge in [0.05, 0.1) is 54.7 Å². The van der Waals surface area contributed by atoms with E-state index in [1.807, 2.05) is 36.4 Å². The van der Waals surface area contributed by atoms with Crippen molar-refractivity contribution < 1.29 is 19.0 Å². The maximum absolute atomic E-state index is 11.5. The maximum atomic E-state index is 11.5. The van der Waals surface area contributed by atoms with Crippen LogP contribution in [0.15, 0.2) is 48.8 Å². The highest BCUT2D eigenvalue weighted by molar-refractivity contribution is 6.39. The van der Waals surface area contributed by atoms with Crippen molar-refractivity contribution in [1.82, 2.24) is 30.2 Å². The Balaban J connectivity index is 1.24. The van der Waals surface area contributed by atoms with Crippen LogP contribution in [0.3, 0.4) is 0 Å². The van der Waals surface area contributed by atoms with Crippen molar-refractivity contribution in [2.45, 2.75) is 63.6 Å². The molecule has 2 aliphatic heterocycles. The van der Waals surface area contributed by atoms with E-state index in [9.17, 15) is 4.79 Å². The third-order valence-corrected chi connectivity index (χ3v) is 9.93. The summed E-state index contributed by atoms with van der Waals surface area (Å²) in [6.45, 7) is 2.31. The predicted octanol–water partition coefficient (Wildman–Crippen LogP) is 6.80. The van der Waals surface area contributed by atoms with Crippen LogP contribution in [0.5, 0.6) is 11.8 Å². The van der Waals surface area contributed by atoms with E-state index >= 15 is 0 Å². The first-order valence-corrected chi connectivity index (χ1v) is 17.1. The van der Waals surface area contributed by atoms with Gasteiger partial charge in [-0.05, 0) is 45.1 Å². The highest BCUT2D eigenvalue weighted by Crippen LogP contribution is 2.42. The van der Waals surface area contributed by atoms with E-state index in [1.54, 1.807) is 33.7 Å². The van der Waals surface area contributed by atoms with Gasteiger partial charge in [-0.25, -0.2) is 9.97 Å². The number of methoxy groups -OCH3 is 3. The van der Waals surface area contributed by atoms with E-state index in [0.717, 1.165) is 66.7 Å². The molecule has 1 amide bonds. The summed E-state index contributed by atoms with van der Waals surface area (Å²) in [6, 6.07) is 12.1. The van der Waals surface area contributed by atoms with Crippen molar-refractivity contribution >= 4 is 29.1 Å². The average Bonchev–Trinajstić information content (AvgIpc) is 3.73. The topological polar surface area (TPSA) is 112 Å². The number of halogens is 2. The summed E-state index contributed by atoms with van der Waals surface area (Å²) in [5.41, 5.74) is 5.67. The first-order chi connectivity index (χ1) is 23.4. The number of aryl methyl sites for hydroxylation is 1. The van der Waals surface area contributed by atoms with E-state index in [-0.39, 0.29) is 11.9 Å². The van der Waals surface area contributed by atoms with Gasteiger partial charge < -0.3 is 19.5 Å². The average molecular weight is 692 g/mol. The standard InChI is InChI=1S/C36H40Cl2N6O4/c1-46-21-23-9-7-17-44(23)20-31-36(48-3)43-30(19-40-31)27-13-6-11-25(34(27)38)24-10-5-12-26(33(24)37)29-18-39-28(35(42-29)47-2)14-4-8-22-15-16-32(45)41-22/h5-6,10-13,18-19,22-23H,4,7-9,14-17,20-21H2,1-3H3,(H,41,45)/t22-,23+/m1/s1. The number of nitrogens with one attached hydrogen (secondary N) is 1. The minimum atomic E-state index is 0.127. The van der Waals surface area contributed by atoms with Crippen molar-refractivity contribution in [3.05, 3.63) is 70.2 Å². The number of benzene rings is 2. The SMILES string of the molecule is COC[C@@H]1CCCN1Cc1ncc(-c2cccc(-c3cccc(-c4cnc(CCC[C@@H]5CCC(=O)N5)c(OC)n4)c3Cl)c2Cl)nc1OC. The van der Waals surface area contributed by atoms with Gasteiger partial charge in [0.25, 0.3) is 0 Å². The molecule has 4 heterocycles. The van der Waals surface area contributed by atoms with Crippen LogP contribution < -0.4 is 14.8 Å². The van der Waals surface area contributed by atoms with Crippen LogP contribution in [0.1, 0.15) is 49.9 Å². The van der Waals surface area contributed by atoms with Gasteiger partial charge in [-0.2, -0.15) is 0 Å². The number of hydrogen-bond acceptors (Lipinski definition) is 9. The Morgan fingerprint density at radius 2 is 1.46 bits per heavy atom. The molecule has 0 bridgehead atoms. The molecule has 2 saturated heterocycles. The first kappa shape index (κ1) is 34.0. The van der Waals surface area contributed by atoms with Crippen LogP contribution in [0, 0.1) is 0 Å². The summed E-state index contributed by atoms with van der Waals surface area (Å²) in [7, 11) is 4.94. The van der Waals surface area contributed by atoms with Gasteiger partial charge in [-0.15, -0.1) is 0 Å². The second-order valence-electron chi connectivity index (χ2n) is 12.2. The molecule has 2 atom stereocenters. The molecule has 2 fully saturated rings. The number of hydrogen-bond donors (Lipinski definition) is 1.